The van der Waals surface area contributed by atoms with E-state index in [-0.39, 0.29) is 106 Å². The minimum atomic E-state index is -3.74. The van der Waals surface area contributed by atoms with Gasteiger partial charge in [0.1, 0.15) is 23.7 Å². The van der Waals surface area contributed by atoms with Crippen molar-refractivity contribution in [3.05, 3.63) is 119 Å². The maximum absolute atomic E-state index is 12.9. The lowest BCUT2D eigenvalue weighted by molar-refractivity contribution is 0.0516. The van der Waals surface area contributed by atoms with E-state index in [4.69, 9.17) is 28.4 Å². The second kappa shape index (κ2) is 28.9. The first kappa shape index (κ1) is 55.4. The average molecular weight is 1050 g/mol. The number of aryl methyl sites for hydroxylation is 1. The summed E-state index contributed by atoms with van der Waals surface area (Å²) in [5.41, 5.74) is 4.96. The lowest BCUT2D eigenvalue weighted by Gasteiger charge is -2.30. The van der Waals surface area contributed by atoms with Crippen LogP contribution in [0.25, 0.3) is 0 Å². The van der Waals surface area contributed by atoms with Gasteiger partial charge >= 0.3 is 12.1 Å². The number of rotatable bonds is 32. The smallest absolute Gasteiger partial charge is 0.314 e. The molecule has 4 aromatic carbocycles. The van der Waals surface area contributed by atoms with Gasteiger partial charge in [-0.15, -0.1) is 0 Å². The van der Waals surface area contributed by atoms with Gasteiger partial charge in [-0.1, -0.05) is 48.5 Å². The molecule has 1 heterocycles. The number of fused-ring (bicyclic) bond motifs is 2. The lowest BCUT2D eigenvalue weighted by Crippen LogP contribution is -2.39. The fraction of sp³-hybridized carbons (Fsp3) is 0.500. The van der Waals surface area contributed by atoms with Crippen LogP contribution in [0.2, 0.25) is 0 Å². The summed E-state index contributed by atoms with van der Waals surface area (Å²) >= 11 is 0. The molecule has 21 heteroatoms. The highest BCUT2D eigenvalue weighted by Gasteiger charge is 2.39. The summed E-state index contributed by atoms with van der Waals surface area (Å²) in [6.45, 7) is 5.82. The van der Waals surface area contributed by atoms with Crippen molar-refractivity contribution in [2.24, 2.45) is 0 Å². The van der Waals surface area contributed by atoms with Crippen LogP contribution in [-0.2, 0) is 51.8 Å². The Morgan fingerprint density at radius 2 is 0.959 bits per heavy atom. The Bertz CT molecular complexity index is 2550. The minimum Gasteiger partial charge on any atom is -0.486 e. The minimum absolute atomic E-state index is 0.0377. The Kier molecular flexibility index (Phi) is 21.9. The summed E-state index contributed by atoms with van der Waals surface area (Å²) in [6.07, 6.45) is 6.38. The number of hydrogen-bond donors (Lipinski definition) is 6. The molecule has 0 spiro atoms. The highest BCUT2D eigenvalue weighted by Crippen LogP contribution is 2.39. The van der Waals surface area contributed by atoms with Crippen molar-refractivity contribution in [1.82, 2.24) is 35.6 Å². The van der Waals surface area contributed by atoms with Crippen LogP contribution >= 0.6 is 0 Å². The molecule has 4 aromatic rings. The number of hydrogen-bond acceptors (Lipinski definition) is 13. The number of likely N-dealkylation sites (tertiary alicyclic amines) is 1. The molecular formula is C52H71N7O12S2. The molecule has 7 rings (SSSR count). The van der Waals surface area contributed by atoms with Crippen LogP contribution in [0.5, 0.6) is 11.5 Å². The molecule has 1 fully saturated rings. The van der Waals surface area contributed by atoms with Gasteiger partial charge in [0.15, 0.2) is 0 Å². The highest BCUT2D eigenvalue weighted by atomic mass is 32.2. The zero-order valence-corrected chi connectivity index (χ0v) is 43.0. The number of carbonyl (C=O) groups excluding carboxylic acids is 2. The zero-order chi connectivity index (χ0) is 51.1. The van der Waals surface area contributed by atoms with E-state index in [0.29, 0.717) is 50.5 Å². The molecule has 1 unspecified atom stereocenters. The summed E-state index contributed by atoms with van der Waals surface area (Å²) < 4.78 is 91.0. The van der Waals surface area contributed by atoms with Crippen molar-refractivity contribution in [1.29, 1.82) is 0 Å². The number of unbranched alkanes of at least 4 members (excludes halogenated alkanes) is 1. The number of carbonyl (C=O) groups is 2. The van der Waals surface area contributed by atoms with Crippen LogP contribution in [-0.4, -0.2) is 145 Å². The van der Waals surface area contributed by atoms with Crippen LogP contribution in [0.4, 0.5) is 9.59 Å². The SMILES string of the molecule is O=C(NCCCCNC(=O)NCCOCCOCCNS(=O)(=O)c1ccc(O[C@H]2c3ccccc3CC2N2CCCC2)cc1)NCCOCCOCCNS(=O)(=O)c1ccc(O[C@@H]2CCc3ccccc32)cc1. The second-order valence-corrected chi connectivity index (χ2v) is 21.4. The maximum Gasteiger partial charge on any atom is 0.314 e. The third-order valence-electron chi connectivity index (χ3n) is 12.7. The largest absolute Gasteiger partial charge is 0.486 e. The van der Waals surface area contributed by atoms with E-state index in [9.17, 15) is 26.4 Å². The van der Waals surface area contributed by atoms with Gasteiger partial charge in [0, 0.05) is 39.3 Å². The van der Waals surface area contributed by atoms with Gasteiger partial charge in [0.25, 0.3) is 0 Å². The van der Waals surface area contributed by atoms with E-state index in [1.165, 1.54) is 47.2 Å². The van der Waals surface area contributed by atoms with Gasteiger partial charge in [0.2, 0.25) is 20.0 Å². The van der Waals surface area contributed by atoms with Crippen molar-refractivity contribution in [2.45, 2.75) is 73.0 Å². The highest BCUT2D eigenvalue weighted by molar-refractivity contribution is 7.89. The summed E-state index contributed by atoms with van der Waals surface area (Å²) in [7, 11) is -7.44. The first-order valence-electron chi connectivity index (χ1n) is 25.3. The number of amides is 4. The first-order chi connectivity index (χ1) is 35.6. The molecule has 4 amide bonds. The average Bonchev–Trinajstić information content (AvgIpc) is 4.16. The van der Waals surface area contributed by atoms with Gasteiger partial charge in [-0.25, -0.2) is 35.9 Å². The third-order valence-corrected chi connectivity index (χ3v) is 15.7. The Labute approximate surface area is 429 Å². The molecule has 3 atom stereocenters. The van der Waals surface area contributed by atoms with Crippen LogP contribution in [0.1, 0.15) is 66.6 Å². The van der Waals surface area contributed by atoms with E-state index in [0.717, 1.165) is 32.4 Å². The van der Waals surface area contributed by atoms with Crippen LogP contribution in [0, 0.1) is 0 Å². The van der Waals surface area contributed by atoms with Gasteiger partial charge in [-0.05, 0) is 129 Å². The van der Waals surface area contributed by atoms with Crippen LogP contribution in [0.3, 0.4) is 0 Å². The molecule has 73 heavy (non-hydrogen) atoms. The maximum atomic E-state index is 12.9. The number of ether oxygens (including phenoxy) is 6. The lowest BCUT2D eigenvalue weighted by atomic mass is 10.1. The monoisotopic (exact) mass is 1050 g/mol. The van der Waals surface area contributed by atoms with E-state index in [1.807, 2.05) is 18.2 Å². The molecule has 398 valence electrons. The van der Waals surface area contributed by atoms with Gasteiger partial charge in [-0.2, -0.15) is 0 Å². The number of sulfonamides is 2. The van der Waals surface area contributed by atoms with Gasteiger partial charge in [-0.3, -0.25) is 4.90 Å². The number of urea groups is 2. The third kappa shape index (κ3) is 17.6. The number of nitrogens with one attached hydrogen (secondary N) is 6. The molecule has 6 N–H and O–H groups in total. The fourth-order valence-electron chi connectivity index (χ4n) is 8.98. The van der Waals surface area contributed by atoms with Crippen LogP contribution in [0.15, 0.2) is 107 Å². The molecule has 3 aliphatic rings. The zero-order valence-electron chi connectivity index (χ0n) is 41.4. The van der Waals surface area contributed by atoms with Crippen molar-refractivity contribution in [2.75, 3.05) is 105 Å². The summed E-state index contributed by atoms with van der Waals surface area (Å²) in [5, 5.41) is 11.0. The van der Waals surface area contributed by atoms with Gasteiger partial charge in [0.05, 0.1) is 68.7 Å². The molecule has 0 bridgehead atoms. The normalized spacial score (nSPS) is 17.5. The summed E-state index contributed by atoms with van der Waals surface area (Å²) in [5.74, 6) is 1.25. The van der Waals surface area contributed by atoms with Crippen molar-refractivity contribution < 1.29 is 54.8 Å². The molecule has 1 saturated heterocycles. The predicted molar refractivity (Wildman–Crippen MR) is 275 cm³/mol. The molecular weight excluding hydrogens is 979 g/mol. The fourth-order valence-corrected chi connectivity index (χ4v) is 11.0. The standard InChI is InChI=1S/C52H71N7O12S2/c60-51(55-25-31-66-35-37-68-33-27-57-72(62,63)44-18-14-42(15-19-44)70-49-22-13-40-9-1-3-11-46(40)49)53-23-5-6-24-54-52(61)56-26-32-67-36-38-69-34-28-58-73(64,65)45-20-16-43(17-21-45)71-50-47-12-4-2-10-41(47)39-48(50)59-29-7-8-30-59/h1-4,9-12,14-21,48-50,57-58H,5-8,13,22-39H2,(H2,53,55,60)(H2,54,56,61)/t48?,49-,50+/m1/s1. The molecule has 0 radical (unpaired) electrons. The van der Waals surface area contributed by atoms with Gasteiger partial charge < -0.3 is 49.7 Å². The Morgan fingerprint density at radius 3 is 1.49 bits per heavy atom. The van der Waals surface area contributed by atoms with Crippen LogP contribution < -0.4 is 40.2 Å². The summed E-state index contributed by atoms with van der Waals surface area (Å²) in [6, 6.07) is 29.2. The molecule has 0 saturated carbocycles. The topological polar surface area (TPSA) is 233 Å². The van der Waals surface area contributed by atoms with E-state index in [2.05, 4.69) is 65.9 Å². The summed E-state index contributed by atoms with van der Waals surface area (Å²) in [4.78, 5) is 26.9. The molecule has 19 nitrogen and oxygen atoms in total. The molecule has 2 aliphatic carbocycles. The Hall–Kier alpha value is -5.36. The number of benzene rings is 4. The van der Waals surface area contributed by atoms with E-state index in [1.54, 1.807) is 36.4 Å². The second-order valence-electron chi connectivity index (χ2n) is 17.9. The van der Waals surface area contributed by atoms with E-state index < -0.39 is 20.0 Å². The molecule has 1 aliphatic heterocycles. The quantitative estimate of drug-likeness (QED) is 0.0368. The Balaban J connectivity index is 0.608. The number of nitrogens with zero attached hydrogens (tertiary/aromatic N) is 1. The first-order valence-corrected chi connectivity index (χ1v) is 28.3. The van der Waals surface area contributed by atoms with Crippen molar-refractivity contribution in [3.63, 3.8) is 0 Å². The van der Waals surface area contributed by atoms with Crippen molar-refractivity contribution >= 4 is 32.1 Å². The Morgan fingerprint density at radius 1 is 0.507 bits per heavy atom. The molecule has 0 aromatic heterocycles. The van der Waals surface area contributed by atoms with E-state index >= 15 is 0 Å². The van der Waals surface area contributed by atoms with Crippen molar-refractivity contribution in [3.8, 4) is 11.5 Å². The predicted octanol–water partition coefficient (Wildman–Crippen LogP) is 4.60.